The molecule has 0 amide bonds. The van der Waals surface area contributed by atoms with E-state index in [-0.39, 0.29) is 0 Å². The second-order valence-electron chi connectivity index (χ2n) is 3.41. The summed E-state index contributed by atoms with van der Waals surface area (Å²) in [6.07, 6.45) is 2.81. The second kappa shape index (κ2) is 5.32. The number of thiophene rings is 1. The highest BCUT2D eigenvalue weighted by molar-refractivity contribution is 7.10. The van der Waals surface area contributed by atoms with Gasteiger partial charge in [-0.15, -0.1) is 11.3 Å². The Balaban J connectivity index is 2.05. The van der Waals surface area contributed by atoms with Crippen LogP contribution in [0.15, 0.2) is 29.8 Å². The summed E-state index contributed by atoms with van der Waals surface area (Å²) < 4.78 is 0. The summed E-state index contributed by atoms with van der Waals surface area (Å²) in [6.45, 7) is 2.96. The lowest BCUT2D eigenvalue weighted by Crippen LogP contribution is -2.01. The number of pyridine rings is 1. The first-order valence-corrected chi connectivity index (χ1v) is 6.46. The fraction of sp³-hybridized carbons (Fsp3) is 0.250. The topological polar surface area (TPSA) is 24.9 Å². The first-order chi connectivity index (χ1) is 7.81. The second-order valence-corrected chi connectivity index (χ2v) is 4.82. The van der Waals surface area contributed by atoms with Crippen LogP contribution in [-0.4, -0.2) is 4.98 Å². The standard InChI is InChI=1S/C12H13ClN2S/c1-2-9-5-7-16-11(9)8-15-12-10(13)4-3-6-14-12/h3-7H,2,8H2,1H3,(H,14,15). The number of hydrogen-bond acceptors (Lipinski definition) is 3. The molecule has 0 bridgehead atoms. The van der Waals surface area contributed by atoms with Gasteiger partial charge in [-0.3, -0.25) is 0 Å². The fourth-order valence-corrected chi connectivity index (χ4v) is 2.62. The number of halogens is 1. The largest absolute Gasteiger partial charge is 0.364 e. The van der Waals surface area contributed by atoms with Crippen LogP contribution in [0.2, 0.25) is 5.02 Å². The highest BCUT2D eigenvalue weighted by Gasteiger charge is 2.04. The number of nitrogens with zero attached hydrogens (tertiary/aromatic N) is 1. The van der Waals surface area contributed by atoms with E-state index >= 15 is 0 Å². The van der Waals surface area contributed by atoms with E-state index in [4.69, 9.17) is 11.6 Å². The van der Waals surface area contributed by atoms with E-state index in [2.05, 4.69) is 28.7 Å². The van der Waals surface area contributed by atoms with Gasteiger partial charge in [0.25, 0.3) is 0 Å². The molecule has 0 saturated heterocycles. The predicted molar refractivity (Wildman–Crippen MR) is 70.3 cm³/mol. The zero-order valence-electron chi connectivity index (χ0n) is 9.03. The van der Waals surface area contributed by atoms with Crippen LogP contribution in [0.1, 0.15) is 17.4 Å². The molecule has 16 heavy (non-hydrogen) atoms. The maximum absolute atomic E-state index is 6.02. The molecule has 0 saturated carbocycles. The number of anilines is 1. The molecule has 0 aliphatic carbocycles. The van der Waals surface area contributed by atoms with Crippen molar-refractivity contribution in [1.82, 2.24) is 4.98 Å². The lowest BCUT2D eigenvalue weighted by molar-refractivity contribution is 1.07. The lowest BCUT2D eigenvalue weighted by Gasteiger charge is -2.06. The summed E-state index contributed by atoms with van der Waals surface area (Å²) in [5.41, 5.74) is 1.39. The molecule has 0 fully saturated rings. The van der Waals surface area contributed by atoms with Crippen LogP contribution in [0, 0.1) is 0 Å². The zero-order valence-corrected chi connectivity index (χ0v) is 10.6. The lowest BCUT2D eigenvalue weighted by atomic mass is 10.2. The number of aryl methyl sites for hydroxylation is 1. The van der Waals surface area contributed by atoms with Gasteiger partial charge in [-0.25, -0.2) is 4.98 Å². The van der Waals surface area contributed by atoms with Crippen LogP contribution < -0.4 is 5.32 Å². The third-order valence-corrected chi connectivity index (χ3v) is 3.66. The molecule has 0 spiro atoms. The maximum Gasteiger partial charge on any atom is 0.145 e. The first-order valence-electron chi connectivity index (χ1n) is 5.21. The van der Waals surface area contributed by atoms with Gasteiger partial charge in [0.2, 0.25) is 0 Å². The normalized spacial score (nSPS) is 10.4. The fourth-order valence-electron chi connectivity index (χ4n) is 1.52. The molecule has 84 valence electrons. The van der Waals surface area contributed by atoms with E-state index in [1.165, 1.54) is 10.4 Å². The van der Waals surface area contributed by atoms with Gasteiger partial charge in [-0.05, 0) is 35.6 Å². The Morgan fingerprint density at radius 3 is 3.06 bits per heavy atom. The Labute approximate surface area is 104 Å². The molecule has 2 rings (SSSR count). The monoisotopic (exact) mass is 252 g/mol. The third kappa shape index (κ3) is 2.54. The molecule has 2 nitrogen and oxygen atoms in total. The Morgan fingerprint density at radius 1 is 1.44 bits per heavy atom. The Morgan fingerprint density at radius 2 is 2.31 bits per heavy atom. The van der Waals surface area contributed by atoms with Crippen molar-refractivity contribution in [2.45, 2.75) is 19.9 Å². The molecule has 0 unspecified atom stereocenters. The molecule has 4 heteroatoms. The van der Waals surface area contributed by atoms with E-state index in [9.17, 15) is 0 Å². The van der Waals surface area contributed by atoms with E-state index in [0.29, 0.717) is 5.02 Å². The number of aromatic nitrogens is 1. The highest BCUT2D eigenvalue weighted by atomic mass is 35.5. The minimum absolute atomic E-state index is 0.664. The van der Waals surface area contributed by atoms with Gasteiger partial charge >= 0.3 is 0 Å². The van der Waals surface area contributed by atoms with Crippen molar-refractivity contribution in [1.29, 1.82) is 0 Å². The Bertz CT molecular complexity index is 468. The summed E-state index contributed by atoms with van der Waals surface area (Å²) >= 11 is 7.78. The summed E-state index contributed by atoms with van der Waals surface area (Å²) in [5.74, 6) is 0.750. The summed E-state index contributed by atoms with van der Waals surface area (Å²) in [6, 6.07) is 5.84. The summed E-state index contributed by atoms with van der Waals surface area (Å²) in [4.78, 5) is 5.55. The van der Waals surface area contributed by atoms with E-state index in [0.717, 1.165) is 18.8 Å². The third-order valence-electron chi connectivity index (χ3n) is 2.39. The molecular formula is C12H13ClN2S. The predicted octanol–water partition coefficient (Wildman–Crippen LogP) is 3.97. The Kier molecular flexibility index (Phi) is 3.80. The molecule has 1 N–H and O–H groups in total. The van der Waals surface area contributed by atoms with Gasteiger partial charge in [0, 0.05) is 11.1 Å². The van der Waals surface area contributed by atoms with Crippen molar-refractivity contribution in [2.24, 2.45) is 0 Å². The zero-order chi connectivity index (χ0) is 11.4. The van der Waals surface area contributed by atoms with E-state index in [1.54, 1.807) is 17.5 Å². The molecule has 0 aliphatic heterocycles. The van der Waals surface area contributed by atoms with Crippen molar-refractivity contribution in [2.75, 3.05) is 5.32 Å². The smallest absolute Gasteiger partial charge is 0.145 e. The first kappa shape index (κ1) is 11.4. The van der Waals surface area contributed by atoms with Crippen molar-refractivity contribution < 1.29 is 0 Å². The number of nitrogens with one attached hydrogen (secondary N) is 1. The van der Waals surface area contributed by atoms with Crippen molar-refractivity contribution in [3.05, 3.63) is 45.2 Å². The molecule has 0 aliphatic rings. The average molecular weight is 253 g/mol. The van der Waals surface area contributed by atoms with Gasteiger partial charge in [-0.1, -0.05) is 18.5 Å². The quantitative estimate of drug-likeness (QED) is 0.891. The van der Waals surface area contributed by atoms with Crippen LogP contribution in [0.5, 0.6) is 0 Å². The average Bonchev–Trinajstić information content (AvgIpc) is 2.75. The molecule has 0 atom stereocenters. The van der Waals surface area contributed by atoms with Crippen LogP contribution in [-0.2, 0) is 13.0 Å². The van der Waals surface area contributed by atoms with Gasteiger partial charge < -0.3 is 5.32 Å². The minimum atomic E-state index is 0.664. The SMILES string of the molecule is CCc1ccsc1CNc1ncccc1Cl. The molecular weight excluding hydrogens is 240 g/mol. The van der Waals surface area contributed by atoms with Crippen LogP contribution in [0.3, 0.4) is 0 Å². The van der Waals surface area contributed by atoms with Gasteiger partial charge in [0.05, 0.1) is 11.6 Å². The van der Waals surface area contributed by atoms with Gasteiger partial charge in [0.15, 0.2) is 0 Å². The van der Waals surface area contributed by atoms with Crippen LogP contribution >= 0.6 is 22.9 Å². The highest BCUT2D eigenvalue weighted by Crippen LogP contribution is 2.21. The van der Waals surface area contributed by atoms with Crippen LogP contribution in [0.4, 0.5) is 5.82 Å². The van der Waals surface area contributed by atoms with Crippen molar-refractivity contribution in [3.8, 4) is 0 Å². The summed E-state index contributed by atoms with van der Waals surface area (Å²) in [7, 11) is 0. The van der Waals surface area contributed by atoms with Crippen LogP contribution in [0.25, 0.3) is 0 Å². The maximum atomic E-state index is 6.02. The molecule has 0 aromatic carbocycles. The number of hydrogen-bond donors (Lipinski definition) is 1. The van der Waals surface area contributed by atoms with Gasteiger partial charge in [0.1, 0.15) is 5.82 Å². The number of rotatable bonds is 4. The molecule has 2 heterocycles. The molecule has 0 radical (unpaired) electrons. The van der Waals surface area contributed by atoms with E-state index < -0.39 is 0 Å². The minimum Gasteiger partial charge on any atom is -0.364 e. The molecule has 2 aromatic rings. The summed E-state index contributed by atoms with van der Waals surface area (Å²) in [5, 5.41) is 6.04. The van der Waals surface area contributed by atoms with Crippen molar-refractivity contribution in [3.63, 3.8) is 0 Å². The van der Waals surface area contributed by atoms with Gasteiger partial charge in [-0.2, -0.15) is 0 Å². The molecule has 2 aromatic heterocycles. The van der Waals surface area contributed by atoms with Crippen molar-refractivity contribution >= 4 is 28.8 Å². The Hall–Kier alpha value is -1.06. The van der Waals surface area contributed by atoms with E-state index in [1.807, 2.05) is 12.1 Å².